The van der Waals surface area contributed by atoms with Crippen molar-refractivity contribution in [3.63, 3.8) is 0 Å². The largest absolute Gasteiger partial charge is 0.351 e. The predicted octanol–water partition coefficient (Wildman–Crippen LogP) is 0.931. The number of hydrogen-bond donors (Lipinski definition) is 2. The Morgan fingerprint density at radius 1 is 1.18 bits per heavy atom. The second-order valence-corrected chi connectivity index (χ2v) is 7.55. The van der Waals surface area contributed by atoms with Crippen LogP contribution in [0.5, 0.6) is 0 Å². The van der Waals surface area contributed by atoms with Crippen molar-refractivity contribution in [2.45, 2.75) is 39.5 Å². The van der Waals surface area contributed by atoms with E-state index in [1.807, 2.05) is 32.9 Å². The van der Waals surface area contributed by atoms with Crippen molar-refractivity contribution in [2.24, 2.45) is 10.9 Å². The second kappa shape index (κ2) is 8.04. The quantitative estimate of drug-likeness (QED) is 0.738. The maximum Gasteiger partial charge on any atom is 0.275 e. The monoisotopic (exact) mass is 383 g/mol. The number of hydrogen-bond acceptors (Lipinski definition) is 5. The number of aliphatic imine (C=N–C) groups is 1. The normalized spacial score (nSPS) is 22.1. The summed E-state index contributed by atoms with van der Waals surface area (Å²) in [5.41, 5.74) is 3.70. The summed E-state index contributed by atoms with van der Waals surface area (Å²) >= 11 is 0. The van der Waals surface area contributed by atoms with E-state index in [1.54, 1.807) is 0 Å². The van der Waals surface area contributed by atoms with Crippen molar-refractivity contribution in [1.82, 2.24) is 10.6 Å². The molecule has 1 aliphatic heterocycles. The van der Waals surface area contributed by atoms with Gasteiger partial charge in [0, 0.05) is 25.4 Å². The van der Waals surface area contributed by atoms with E-state index in [9.17, 15) is 19.2 Å². The van der Waals surface area contributed by atoms with Crippen LogP contribution in [0.4, 0.5) is 0 Å². The number of Topliss-reactive ketones (excluding diaryl/α,β-unsaturated/α-hetero) is 2. The van der Waals surface area contributed by atoms with E-state index in [4.69, 9.17) is 0 Å². The molecule has 2 N–H and O–H groups in total. The molecule has 2 unspecified atom stereocenters. The number of nitrogens with one attached hydrogen (secondary N) is 2. The van der Waals surface area contributed by atoms with Gasteiger partial charge in [-0.25, -0.2) is 0 Å². The van der Waals surface area contributed by atoms with Crippen molar-refractivity contribution in [2.75, 3.05) is 19.6 Å². The highest BCUT2D eigenvalue weighted by atomic mass is 16.2. The maximum atomic E-state index is 12.9. The molecule has 148 valence electrons. The predicted molar refractivity (Wildman–Crippen MR) is 104 cm³/mol. The first-order chi connectivity index (χ1) is 13.3. The van der Waals surface area contributed by atoms with Gasteiger partial charge >= 0.3 is 0 Å². The molecule has 1 saturated carbocycles. The van der Waals surface area contributed by atoms with Crippen molar-refractivity contribution < 1.29 is 19.2 Å². The number of carbonyl (C=O) groups excluding carboxylic acids is 4. The standard InChI is InChI=1S/C21H25N3O4/c1-11-8-12(2)16(13(3)9-11)17-15(25)10-14(19(17)26)4-5-23-20(27)18-21(28)24-7-6-22-18/h8-9,14,17H,4-7,10H2,1-3H3,(H,23,27)(H,24,28). The summed E-state index contributed by atoms with van der Waals surface area (Å²) in [6.45, 7) is 6.87. The fraction of sp³-hybridized carbons (Fsp3) is 0.476. The molecule has 1 fully saturated rings. The van der Waals surface area contributed by atoms with Crippen LogP contribution in [-0.2, 0) is 19.2 Å². The highest BCUT2D eigenvalue weighted by molar-refractivity contribution is 6.65. The summed E-state index contributed by atoms with van der Waals surface area (Å²) in [5, 5.41) is 5.20. The van der Waals surface area contributed by atoms with Gasteiger partial charge in [0.15, 0.2) is 11.5 Å². The Kier molecular flexibility index (Phi) is 5.72. The van der Waals surface area contributed by atoms with Crippen molar-refractivity contribution in [1.29, 1.82) is 0 Å². The molecular formula is C21H25N3O4. The van der Waals surface area contributed by atoms with Gasteiger partial charge in [0.25, 0.3) is 11.8 Å². The fourth-order valence-corrected chi connectivity index (χ4v) is 4.16. The molecule has 2 aliphatic rings. The third kappa shape index (κ3) is 3.88. The molecule has 0 radical (unpaired) electrons. The number of rotatable bonds is 5. The number of carbonyl (C=O) groups is 4. The summed E-state index contributed by atoms with van der Waals surface area (Å²) in [6.07, 6.45) is 0.555. The summed E-state index contributed by atoms with van der Waals surface area (Å²) in [5.74, 6) is -2.30. The van der Waals surface area contributed by atoms with Gasteiger partial charge in [0.2, 0.25) is 0 Å². The average molecular weight is 383 g/mol. The van der Waals surface area contributed by atoms with Gasteiger partial charge in [0.1, 0.15) is 11.7 Å². The van der Waals surface area contributed by atoms with Gasteiger partial charge in [-0.15, -0.1) is 0 Å². The minimum Gasteiger partial charge on any atom is -0.351 e. The Labute approximate surface area is 164 Å². The Morgan fingerprint density at radius 2 is 1.86 bits per heavy atom. The summed E-state index contributed by atoms with van der Waals surface area (Å²) in [4.78, 5) is 53.2. The Morgan fingerprint density at radius 3 is 2.50 bits per heavy atom. The number of ketones is 2. The van der Waals surface area contributed by atoms with Crippen LogP contribution in [-0.4, -0.2) is 48.7 Å². The van der Waals surface area contributed by atoms with Crippen LogP contribution >= 0.6 is 0 Å². The number of benzene rings is 1. The molecule has 1 heterocycles. The minimum atomic E-state index is -0.713. The first-order valence-electron chi connectivity index (χ1n) is 9.54. The van der Waals surface area contributed by atoms with E-state index < -0.39 is 23.7 Å². The van der Waals surface area contributed by atoms with Gasteiger partial charge in [-0.1, -0.05) is 17.7 Å². The molecule has 28 heavy (non-hydrogen) atoms. The third-order valence-electron chi connectivity index (χ3n) is 5.36. The van der Waals surface area contributed by atoms with Crippen molar-refractivity contribution in [3.8, 4) is 0 Å². The third-order valence-corrected chi connectivity index (χ3v) is 5.36. The SMILES string of the molecule is Cc1cc(C)c(C2C(=O)CC(CCNC(=O)C3=NCCNC3=O)C2=O)c(C)c1. The zero-order chi connectivity index (χ0) is 20.4. The van der Waals surface area contributed by atoms with Crippen LogP contribution in [0.1, 0.15) is 41.0 Å². The lowest BCUT2D eigenvalue weighted by Crippen LogP contribution is -2.46. The fourth-order valence-electron chi connectivity index (χ4n) is 4.16. The highest BCUT2D eigenvalue weighted by Gasteiger charge is 2.42. The minimum absolute atomic E-state index is 0.0626. The molecule has 7 heteroatoms. The Hall–Kier alpha value is -2.83. The van der Waals surface area contributed by atoms with Gasteiger partial charge in [-0.3, -0.25) is 24.2 Å². The van der Waals surface area contributed by atoms with Gasteiger partial charge in [-0.2, -0.15) is 0 Å². The van der Waals surface area contributed by atoms with Gasteiger partial charge in [0.05, 0.1) is 6.54 Å². The molecule has 3 rings (SSSR count). The molecule has 2 amide bonds. The van der Waals surface area contributed by atoms with E-state index in [0.29, 0.717) is 19.5 Å². The van der Waals surface area contributed by atoms with E-state index >= 15 is 0 Å². The highest BCUT2D eigenvalue weighted by Crippen LogP contribution is 2.37. The number of amides is 2. The first kappa shape index (κ1) is 19.9. The molecule has 0 spiro atoms. The molecule has 0 saturated heterocycles. The Balaban J connectivity index is 1.64. The van der Waals surface area contributed by atoms with E-state index in [-0.39, 0.29) is 30.2 Å². The zero-order valence-electron chi connectivity index (χ0n) is 16.4. The summed E-state index contributed by atoms with van der Waals surface area (Å²) < 4.78 is 0. The molecule has 1 aliphatic carbocycles. The first-order valence-corrected chi connectivity index (χ1v) is 9.54. The van der Waals surface area contributed by atoms with Crippen LogP contribution in [0.25, 0.3) is 0 Å². The van der Waals surface area contributed by atoms with Crippen LogP contribution in [0.15, 0.2) is 17.1 Å². The van der Waals surface area contributed by atoms with Crippen LogP contribution in [0.2, 0.25) is 0 Å². The lowest BCUT2D eigenvalue weighted by Gasteiger charge is -2.16. The van der Waals surface area contributed by atoms with E-state index in [1.165, 1.54) is 0 Å². The number of nitrogens with zero attached hydrogens (tertiary/aromatic N) is 1. The van der Waals surface area contributed by atoms with Crippen LogP contribution < -0.4 is 10.6 Å². The topological polar surface area (TPSA) is 105 Å². The molecule has 7 nitrogen and oxygen atoms in total. The smallest absolute Gasteiger partial charge is 0.275 e. The molecule has 0 aromatic heterocycles. The number of aryl methyl sites for hydroxylation is 3. The molecular weight excluding hydrogens is 358 g/mol. The molecule has 1 aromatic carbocycles. The van der Waals surface area contributed by atoms with Crippen molar-refractivity contribution in [3.05, 3.63) is 34.4 Å². The molecule has 0 bridgehead atoms. The van der Waals surface area contributed by atoms with E-state index in [0.717, 1.165) is 22.3 Å². The Bertz CT molecular complexity index is 865. The lowest BCUT2D eigenvalue weighted by molar-refractivity contribution is -0.125. The summed E-state index contributed by atoms with van der Waals surface area (Å²) in [6, 6.07) is 3.98. The molecule has 2 atom stereocenters. The van der Waals surface area contributed by atoms with Gasteiger partial charge in [-0.05, 0) is 43.9 Å². The second-order valence-electron chi connectivity index (χ2n) is 7.55. The zero-order valence-corrected chi connectivity index (χ0v) is 16.4. The summed E-state index contributed by atoms with van der Waals surface area (Å²) in [7, 11) is 0. The van der Waals surface area contributed by atoms with Crippen LogP contribution in [0.3, 0.4) is 0 Å². The van der Waals surface area contributed by atoms with Gasteiger partial charge < -0.3 is 10.6 Å². The van der Waals surface area contributed by atoms with E-state index in [2.05, 4.69) is 15.6 Å². The maximum absolute atomic E-state index is 12.9. The molecule has 1 aromatic rings. The van der Waals surface area contributed by atoms with Crippen molar-refractivity contribution >= 4 is 29.1 Å². The van der Waals surface area contributed by atoms with Crippen LogP contribution in [0, 0.1) is 26.7 Å². The lowest BCUT2D eigenvalue weighted by atomic mass is 9.86. The average Bonchev–Trinajstić information content (AvgIpc) is 2.89.